The molecule has 0 unspecified atom stereocenters. The molecule has 0 spiro atoms. The molecule has 7 heteroatoms. The number of fused-ring (bicyclic) bond motifs is 1. The summed E-state index contributed by atoms with van der Waals surface area (Å²) in [5, 5.41) is 16.8. The average Bonchev–Trinajstić information content (AvgIpc) is 3.49. The van der Waals surface area contributed by atoms with Crippen LogP contribution in [0.5, 0.6) is 0 Å². The lowest BCUT2D eigenvalue weighted by molar-refractivity contribution is -0.117. The highest BCUT2D eigenvalue weighted by atomic mass is 16.2. The molecule has 1 aliphatic carbocycles. The third-order valence-corrected chi connectivity index (χ3v) is 5.35. The molecule has 1 amide bonds. The number of benzene rings is 1. The molecule has 3 aromatic rings. The van der Waals surface area contributed by atoms with E-state index in [1.807, 2.05) is 31.2 Å². The minimum absolute atomic E-state index is 0.160. The lowest BCUT2D eigenvalue weighted by Crippen LogP contribution is -2.15. The Morgan fingerprint density at radius 2 is 2.10 bits per heavy atom. The fourth-order valence-corrected chi connectivity index (χ4v) is 3.62. The van der Waals surface area contributed by atoms with Crippen LogP contribution in [0.2, 0.25) is 0 Å². The number of pyridine rings is 2. The SMILES string of the molecule is Cc1c(-c2cc(N)c3cnc(NC(=O)[C@@H]4C[C@H]4C#N)cc3c2)ccnc1NC(C)C. The molecule has 1 saturated carbocycles. The Morgan fingerprint density at radius 3 is 2.80 bits per heavy atom. The summed E-state index contributed by atoms with van der Waals surface area (Å²) in [5.74, 6) is 0.722. The van der Waals surface area contributed by atoms with E-state index in [1.165, 1.54) is 0 Å². The van der Waals surface area contributed by atoms with E-state index in [1.54, 1.807) is 12.4 Å². The maximum Gasteiger partial charge on any atom is 0.230 e. The molecule has 0 bridgehead atoms. The van der Waals surface area contributed by atoms with Gasteiger partial charge < -0.3 is 16.4 Å². The van der Waals surface area contributed by atoms with Crippen molar-refractivity contribution in [3.8, 4) is 17.2 Å². The van der Waals surface area contributed by atoms with Crippen LogP contribution < -0.4 is 16.4 Å². The Hall–Kier alpha value is -3.66. The normalized spacial score (nSPS) is 17.6. The number of nitrogen functional groups attached to an aromatic ring is 1. The highest BCUT2D eigenvalue weighted by Gasteiger charge is 2.43. The molecular weight excluding hydrogens is 376 g/mol. The van der Waals surface area contributed by atoms with E-state index in [0.29, 0.717) is 17.9 Å². The van der Waals surface area contributed by atoms with Crippen LogP contribution in [0, 0.1) is 30.1 Å². The van der Waals surface area contributed by atoms with Crippen LogP contribution in [0.4, 0.5) is 17.3 Å². The van der Waals surface area contributed by atoms with Crippen molar-refractivity contribution < 1.29 is 4.79 Å². The quantitative estimate of drug-likeness (QED) is 0.555. The van der Waals surface area contributed by atoms with Gasteiger partial charge in [0.25, 0.3) is 0 Å². The van der Waals surface area contributed by atoms with Crippen LogP contribution >= 0.6 is 0 Å². The molecule has 1 aliphatic rings. The third kappa shape index (κ3) is 3.77. The number of rotatable bonds is 5. The van der Waals surface area contributed by atoms with Crippen molar-refractivity contribution in [3.63, 3.8) is 0 Å². The minimum atomic E-state index is -0.241. The van der Waals surface area contributed by atoms with Crippen LogP contribution in [-0.4, -0.2) is 21.9 Å². The van der Waals surface area contributed by atoms with Crippen molar-refractivity contribution in [2.75, 3.05) is 16.4 Å². The maximum absolute atomic E-state index is 12.3. The maximum atomic E-state index is 12.3. The number of nitrogens with one attached hydrogen (secondary N) is 2. The van der Waals surface area contributed by atoms with Crippen LogP contribution in [0.15, 0.2) is 36.7 Å². The summed E-state index contributed by atoms with van der Waals surface area (Å²) in [6.07, 6.45) is 4.07. The Morgan fingerprint density at radius 1 is 1.30 bits per heavy atom. The van der Waals surface area contributed by atoms with Gasteiger partial charge in [-0.25, -0.2) is 9.97 Å². The number of carbonyl (C=O) groups excluding carboxylic acids is 1. The van der Waals surface area contributed by atoms with E-state index in [-0.39, 0.29) is 23.8 Å². The van der Waals surface area contributed by atoms with Crippen molar-refractivity contribution in [2.45, 2.75) is 33.2 Å². The molecule has 4 rings (SSSR count). The number of anilines is 3. The second-order valence-corrected chi connectivity index (χ2v) is 8.05. The number of hydrogen-bond donors (Lipinski definition) is 3. The van der Waals surface area contributed by atoms with E-state index in [4.69, 9.17) is 11.0 Å². The van der Waals surface area contributed by atoms with Gasteiger partial charge in [0.2, 0.25) is 5.91 Å². The van der Waals surface area contributed by atoms with Gasteiger partial charge in [-0.05, 0) is 73.5 Å². The lowest BCUT2D eigenvalue weighted by Gasteiger charge is -2.16. The molecule has 1 aromatic carbocycles. The first-order valence-corrected chi connectivity index (χ1v) is 9.99. The zero-order valence-corrected chi connectivity index (χ0v) is 17.2. The standard InChI is InChI=1S/C23H24N6O/c1-12(2)28-22-13(3)17(4-5-26-22)14-6-15-9-21(27-11-19(15)20(25)8-14)29-23(30)18-7-16(18)10-24/h4-6,8-9,11-12,16,18H,7,25H2,1-3H3,(H,26,28)(H,27,29,30)/t16-,18+/m0/s1. The molecule has 2 heterocycles. The molecule has 1 fully saturated rings. The third-order valence-electron chi connectivity index (χ3n) is 5.35. The van der Waals surface area contributed by atoms with Gasteiger partial charge in [0.05, 0.1) is 17.9 Å². The zero-order valence-electron chi connectivity index (χ0n) is 17.2. The van der Waals surface area contributed by atoms with Gasteiger partial charge in [-0.2, -0.15) is 5.26 Å². The van der Waals surface area contributed by atoms with Crippen LogP contribution in [0.25, 0.3) is 21.9 Å². The monoisotopic (exact) mass is 400 g/mol. The first-order chi connectivity index (χ1) is 14.4. The van der Waals surface area contributed by atoms with E-state index < -0.39 is 0 Å². The molecule has 4 N–H and O–H groups in total. The molecule has 2 atom stereocenters. The van der Waals surface area contributed by atoms with Crippen LogP contribution in [0.3, 0.4) is 0 Å². The summed E-state index contributed by atoms with van der Waals surface area (Å²) in [4.78, 5) is 21.0. The number of hydrogen-bond acceptors (Lipinski definition) is 6. The van der Waals surface area contributed by atoms with Gasteiger partial charge >= 0.3 is 0 Å². The predicted molar refractivity (Wildman–Crippen MR) is 119 cm³/mol. The topological polar surface area (TPSA) is 117 Å². The largest absolute Gasteiger partial charge is 0.398 e. The second-order valence-electron chi connectivity index (χ2n) is 8.05. The summed E-state index contributed by atoms with van der Waals surface area (Å²) in [5.41, 5.74) is 9.99. The number of nitrogens with zero attached hydrogens (tertiary/aromatic N) is 3. The Balaban J connectivity index is 1.69. The summed E-state index contributed by atoms with van der Waals surface area (Å²) >= 11 is 0. The molecule has 2 aromatic heterocycles. The Labute approximate surface area is 175 Å². The van der Waals surface area contributed by atoms with E-state index in [0.717, 1.165) is 33.3 Å². The van der Waals surface area contributed by atoms with Crippen molar-refractivity contribution in [2.24, 2.45) is 11.8 Å². The van der Waals surface area contributed by atoms with E-state index >= 15 is 0 Å². The summed E-state index contributed by atoms with van der Waals surface area (Å²) < 4.78 is 0. The molecule has 0 aliphatic heterocycles. The number of aromatic nitrogens is 2. The summed E-state index contributed by atoms with van der Waals surface area (Å²) in [6, 6.07) is 10.2. The predicted octanol–water partition coefficient (Wildman–Crippen LogP) is 4.11. The van der Waals surface area contributed by atoms with Crippen molar-refractivity contribution >= 4 is 34.0 Å². The van der Waals surface area contributed by atoms with Gasteiger partial charge in [-0.15, -0.1) is 0 Å². The smallest absolute Gasteiger partial charge is 0.230 e. The second kappa shape index (κ2) is 7.64. The molecule has 7 nitrogen and oxygen atoms in total. The van der Waals surface area contributed by atoms with Gasteiger partial charge in [-0.3, -0.25) is 4.79 Å². The number of nitrogens with two attached hydrogens (primary N) is 1. The minimum Gasteiger partial charge on any atom is -0.398 e. The fraction of sp³-hybridized carbons (Fsp3) is 0.304. The van der Waals surface area contributed by atoms with Crippen molar-refractivity contribution in [3.05, 3.63) is 42.2 Å². The van der Waals surface area contributed by atoms with Crippen LogP contribution in [-0.2, 0) is 4.79 Å². The highest BCUT2D eigenvalue weighted by molar-refractivity contribution is 6.00. The fourth-order valence-electron chi connectivity index (χ4n) is 3.62. The highest BCUT2D eigenvalue weighted by Crippen LogP contribution is 2.39. The number of amides is 1. The molecular formula is C23H24N6O. The van der Waals surface area contributed by atoms with Crippen LogP contribution in [0.1, 0.15) is 25.8 Å². The van der Waals surface area contributed by atoms with Crippen molar-refractivity contribution in [1.82, 2.24) is 9.97 Å². The average molecular weight is 400 g/mol. The number of nitriles is 1. The Kier molecular flexibility index (Phi) is 5.00. The van der Waals surface area contributed by atoms with E-state index in [2.05, 4.69) is 40.5 Å². The zero-order chi connectivity index (χ0) is 21.4. The number of carbonyl (C=O) groups is 1. The van der Waals surface area contributed by atoms with Gasteiger partial charge in [0.15, 0.2) is 0 Å². The van der Waals surface area contributed by atoms with Crippen molar-refractivity contribution in [1.29, 1.82) is 5.26 Å². The summed E-state index contributed by atoms with van der Waals surface area (Å²) in [6.45, 7) is 6.18. The molecule has 30 heavy (non-hydrogen) atoms. The molecule has 0 radical (unpaired) electrons. The van der Waals surface area contributed by atoms with Gasteiger partial charge in [-0.1, -0.05) is 0 Å². The van der Waals surface area contributed by atoms with Gasteiger partial charge in [0, 0.05) is 29.5 Å². The molecule has 0 saturated heterocycles. The first-order valence-electron chi connectivity index (χ1n) is 9.99. The van der Waals surface area contributed by atoms with Gasteiger partial charge in [0.1, 0.15) is 11.6 Å². The van der Waals surface area contributed by atoms with E-state index in [9.17, 15) is 4.79 Å². The first kappa shape index (κ1) is 19.6. The summed E-state index contributed by atoms with van der Waals surface area (Å²) in [7, 11) is 0. The Bertz CT molecular complexity index is 1180. The lowest BCUT2D eigenvalue weighted by atomic mass is 9.98. The molecule has 152 valence electrons.